The quantitative estimate of drug-likeness (QED) is 0.821. The van der Waals surface area contributed by atoms with Crippen LogP contribution in [0.5, 0.6) is 11.5 Å². The Kier molecular flexibility index (Phi) is 5.08. The molecule has 0 spiro atoms. The van der Waals surface area contributed by atoms with Crippen molar-refractivity contribution in [3.8, 4) is 11.5 Å². The van der Waals surface area contributed by atoms with Crippen molar-refractivity contribution in [3.05, 3.63) is 29.8 Å². The number of carbonyl (C=O) groups is 1. The largest absolute Gasteiger partial charge is 0.490 e. The van der Waals surface area contributed by atoms with Gasteiger partial charge in [0.15, 0.2) is 17.6 Å². The second-order valence-corrected chi connectivity index (χ2v) is 5.43. The summed E-state index contributed by atoms with van der Waals surface area (Å²) in [7, 11) is 0. The Balaban J connectivity index is 2.57. The molecule has 0 fully saturated rings. The molecule has 22 heavy (non-hydrogen) atoms. The van der Waals surface area contributed by atoms with E-state index in [-0.39, 0.29) is 12.5 Å². The van der Waals surface area contributed by atoms with Crippen molar-refractivity contribution in [1.82, 2.24) is 0 Å². The monoisotopic (exact) mass is 305 g/mol. The number of aliphatic hydroxyl groups is 1. The Morgan fingerprint density at radius 1 is 1.45 bits per heavy atom. The highest BCUT2D eigenvalue weighted by molar-refractivity contribution is 6.01. The highest BCUT2D eigenvalue weighted by atomic mass is 16.5. The van der Waals surface area contributed by atoms with Gasteiger partial charge in [0, 0.05) is 6.54 Å². The third kappa shape index (κ3) is 3.09. The molecule has 1 aliphatic heterocycles. The van der Waals surface area contributed by atoms with Gasteiger partial charge in [0.25, 0.3) is 5.91 Å². The van der Waals surface area contributed by atoms with Gasteiger partial charge >= 0.3 is 0 Å². The minimum Gasteiger partial charge on any atom is -0.490 e. The summed E-state index contributed by atoms with van der Waals surface area (Å²) in [6, 6.07) is 3.52. The van der Waals surface area contributed by atoms with Gasteiger partial charge in [-0.2, -0.15) is 0 Å². The molecule has 1 unspecified atom stereocenters. The molecule has 0 radical (unpaired) electrons. The molecule has 1 heterocycles. The van der Waals surface area contributed by atoms with Crippen LogP contribution in [-0.4, -0.2) is 30.3 Å². The lowest BCUT2D eigenvalue weighted by atomic mass is 10.1. The minimum atomic E-state index is -0.522. The molecule has 0 aromatic heterocycles. The van der Waals surface area contributed by atoms with Gasteiger partial charge in [-0.25, -0.2) is 0 Å². The Morgan fingerprint density at radius 2 is 2.18 bits per heavy atom. The zero-order valence-corrected chi connectivity index (χ0v) is 13.4. The molecule has 5 heteroatoms. The second kappa shape index (κ2) is 6.83. The number of ether oxygens (including phenoxy) is 2. The van der Waals surface area contributed by atoms with E-state index in [0.717, 1.165) is 5.57 Å². The Bertz CT molecular complexity index is 582. The first-order chi connectivity index (χ1) is 10.5. The van der Waals surface area contributed by atoms with Crippen molar-refractivity contribution < 1.29 is 19.4 Å². The molecule has 0 bridgehead atoms. The van der Waals surface area contributed by atoms with Gasteiger partial charge in [0.05, 0.1) is 18.9 Å². The number of fused-ring (bicyclic) bond motifs is 1. The summed E-state index contributed by atoms with van der Waals surface area (Å²) in [6.45, 7) is 10.3. The maximum atomic E-state index is 12.6. The average molecular weight is 305 g/mol. The van der Waals surface area contributed by atoms with E-state index in [1.165, 1.54) is 0 Å². The number of nitrogens with zero attached hydrogens (tertiary/aromatic N) is 1. The molecule has 0 saturated heterocycles. The zero-order valence-electron chi connectivity index (χ0n) is 13.4. The fourth-order valence-corrected chi connectivity index (χ4v) is 2.49. The molecule has 5 nitrogen and oxygen atoms in total. The lowest BCUT2D eigenvalue weighted by Crippen LogP contribution is -2.46. The van der Waals surface area contributed by atoms with Gasteiger partial charge in [-0.3, -0.25) is 4.79 Å². The van der Waals surface area contributed by atoms with E-state index < -0.39 is 6.10 Å². The number of benzene rings is 1. The number of hydrogen-bond acceptors (Lipinski definition) is 4. The van der Waals surface area contributed by atoms with Crippen molar-refractivity contribution in [2.45, 2.75) is 39.9 Å². The zero-order chi connectivity index (χ0) is 16.3. The van der Waals surface area contributed by atoms with Gasteiger partial charge in [-0.05, 0) is 38.0 Å². The topological polar surface area (TPSA) is 59.0 Å². The molecule has 0 saturated carbocycles. The van der Waals surface area contributed by atoms with Gasteiger partial charge in [-0.1, -0.05) is 19.1 Å². The van der Waals surface area contributed by atoms with Crippen LogP contribution in [-0.2, 0) is 11.4 Å². The molecule has 1 aromatic carbocycles. The second-order valence-electron chi connectivity index (χ2n) is 5.43. The van der Waals surface area contributed by atoms with Crippen molar-refractivity contribution in [2.75, 3.05) is 18.1 Å². The highest BCUT2D eigenvalue weighted by Crippen LogP contribution is 2.43. The van der Waals surface area contributed by atoms with Crippen molar-refractivity contribution in [2.24, 2.45) is 0 Å². The van der Waals surface area contributed by atoms with Crippen LogP contribution in [0, 0.1) is 0 Å². The van der Waals surface area contributed by atoms with E-state index in [0.29, 0.717) is 42.3 Å². The minimum absolute atomic E-state index is 0.0875. The Labute approximate surface area is 131 Å². The van der Waals surface area contributed by atoms with Crippen molar-refractivity contribution in [1.29, 1.82) is 0 Å². The summed E-state index contributed by atoms with van der Waals surface area (Å²) in [6.07, 6.45) is 0.0594. The lowest BCUT2D eigenvalue weighted by molar-refractivity contribution is -0.126. The van der Waals surface area contributed by atoms with Crippen molar-refractivity contribution in [3.63, 3.8) is 0 Å². The normalized spacial score (nSPS) is 17.0. The lowest BCUT2D eigenvalue weighted by Gasteiger charge is -2.35. The van der Waals surface area contributed by atoms with Crippen LogP contribution >= 0.6 is 0 Å². The number of carbonyl (C=O) groups excluding carboxylic acids is 1. The first-order valence-electron chi connectivity index (χ1n) is 7.54. The molecule has 1 aromatic rings. The first-order valence-corrected chi connectivity index (χ1v) is 7.54. The van der Waals surface area contributed by atoms with E-state index in [1.807, 2.05) is 20.8 Å². The van der Waals surface area contributed by atoms with Crippen molar-refractivity contribution >= 4 is 11.6 Å². The molecular weight excluding hydrogens is 282 g/mol. The van der Waals surface area contributed by atoms with Crippen LogP contribution in [0.3, 0.4) is 0 Å². The fourth-order valence-electron chi connectivity index (χ4n) is 2.49. The third-order valence-corrected chi connectivity index (χ3v) is 3.47. The number of rotatable bonds is 6. The summed E-state index contributed by atoms with van der Waals surface area (Å²) in [4.78, 5) is 14.2. The van der Waals surface area contributed by atoms with Crippen LogP contribution in [0.15, 0.2) is 24.3 Å². The summed E-state index contributed by atoms with van der Waals surface area (Å²) >= 11 is 0. The predicted molar refractivity (Wildman–Crippen MR) is 85.4 cm³/mol. The maximum Gasteiger partial charge on any atom is 0.268 e. The van der Waals surface area contributed by atoms with Crippen LogP contribution in [0.2, 0.25) is 0 Å². The maximum absolute atomic E-state index is 12.6. The summed E-state index contributed by atoms with van der Waals surface area (Å²) in [5.41, 5.74) is 2.19. The molecule has 2 rings (SSSR count). The number of amides is 1. The Hall–Kier alpha value is -2.01. The summed E-state index contributed by atoms with van der Waals surface area (Å²) in [5.74, 6) is 1.03. The number of anilines is 1. The van der Waals surface area contributed by atoms with Crippen LogP contribution < -0.4 is 14.4 Å². The molecule has 1 amide bonds. The average Bonchev–Trinajstić information content (AvgIpc) is 2.49. The van der Waals surface area contributed by atoms with E-state index in [1.54, 1.807) is 17.0 Å². The van der Waals surface area contributed by atoms with Gasteiger partial charge < -0.3 is 19.5 Å². The molecule has 1 atom stereocenters. The summed E-state index contributed by atoms with van der Waals surface area (Å²) in [5, 5.41) is 9.45. The SMILES string of the molecule is C=C(C)CN1C(=O)C(CC)Oc2c(OCC)cc(CO)cc21. The molecule has 0 aliphatic carbocycles. The van der Waals surface area contributed by atoms with E-state index in [9.17, 15) is 9.90 Å². The van der Waals surface area contributed by atoms with Gasteiger partial charge in [-0.15, -0.1) is 0 Å². The molecule has 1 aliphatic rings. The first kappa shape index (κ1) is 16.4. The standard InChI is InChI=1S/C17H23NO4/c1-5-14-17(20)18(9-11(3)4)13-7-12(10-19)8-15(21-6-2)16(13)22-14/h7-8,14,19H,3,5-6,9-10H2,1-2,4H3. The number of hydrogen-bond donors (Lipinski definition) is 1. The third-order valence-electron chi connectivity index (χ3n) is 3.47. The highest BCUT2D eigenvalue weighted by Gasteiger charge is 2.35. The number of aliphatic hydroxyl groups excluding tert-OH is 1. The Morgan fingerprint density at radius 3 is 2.73 bits per heavy atom. The molecule has 120 valence electrons. The smallest absolute Gasteiger partial charge is 0.268 e. The van der Waals surface area contributed by atoms with Crippen LogP contribution in [0.25, 0.3) is 0 Å². The molecular formula is C17H23NO4. The van der Waals surface area contributed by atoms with Crippen LogP contribution in [0.4, 0.5) is 5.69 Å². The van der Waals surface area contributed by atoms with Gasteiger partial charge in [0.2, 0.25) is 0 Å². The van der Waals surface area contributed by atoms with E-state index in [4.69, 9.17) is 9.47 Å². The van der Waals surface area contributed by atoms with Gasteiger partial charge in [0.1, 0.15) is 0 Å². The predicted octanol–water partition coefficient (Wildman–Crippen LogP) is 2.66. The fraction of sp³-hybridized carbons (Fsp3) is 0.471. The molecule has 1 N–H and O–H groups in total. The van der Waals surface area contributed by atoms with Crippen LogP contribution in [0.1, 0.15) is 32.8 Å². The summed E-state index contributed by atoms with van der Waals surface area (Å²) < 4.78 is 11.5. The van der Waals surface area contributed by atoms with E-state index >= 15 is 0 Å². The van der Waals surface area contributed by atoms with E-state index in [2.05, 4.69) is 6.58 Å².